The van der Waals surface area contributed by atoms with Crippen LogP contribution in [0.15, 0.2) is 78.0 Å². The van der Waals surface area contributed by atoms with Crippen LogP contribution in [0.4, 0.5) is 0 Å². The van der Waals surface area contributed by atoms with Gasteiger partial charge in [0.2, 0.25) is 0 Å². The van der Waals surface area contributed by atoms with Crippen LogP contribution >= 0.6 is 0 Å². The summed E-state index contributed by atoms with van der Waals surface area (Å²) in [6.45, 7) is 0.323. The van der Waals surface area contributed by atoms with Gasteiger partial charge in [0.25, 0.3) is 0 Å². The second kappa shape index (κ2) is 11.2. The number of hydrogen-bond acceptors (Lipinski definition) is 6. The molecule has 3 aromatic rings. The largest absolute Gasteiger partial charge is 0.490 e. The predicted molar refractivity (Wildman–Crippen MR) is 119 cm³/mol. The van der Waals surface area contributed by atoms with Crippen molar-refractivity contribution in [1.82, 2.24) is 0 Å². The topological polar surface area (TPSA) is 102 Å². The van der Waals surface area contributed by atoms with Crippen LogP contribution in [0, 0.1) is 0 Å². The minimum absolute atomic E-state index is 0.0823. The molecular weight excluding hydrogens is 410 g/mol. The minimum atomic E-state index is -0.912. The summed E-state index contributed by atoms with van der Waals surface area (Å²) < 4.78 is 5.61. The van der Waals surface area contributed by atoms with Crippen molar-refractivity contribution < 1.29 is 29.1 Å². The van der Waals surface area contributed by atoms with Gasteiger partial charge in [-0.3, -0.25) is 14.4 Å². The zero-order valence-corrected chi connectivity index (χ0v) is 17.1. The first-order valence-electron chi connectivity index (χ1n) is 9.84. The van der Waals surface area contributed by atoms with Crippen molar-refractivity contribution in [2.24, 2.45) is 5.16 Å². The van der Waals surface area contributed by atoms with Gasteiger partial charge >= 0.3 is 5.97 Å². The van der Waals surface area contributed by atoms with Crippen molar-refractivity contribution in [3.63, 3.8) is 0 Å². The van der Waals surface area contributed by atoms with E-state index in [1.54, 1.807) is 72.8 Å². The Morgan fingerprint density at radius 3 is 2.06 bits per heavy atom. The number of carboxylic acid groups (broad SMARTS) is 1. The second-order valence-electron chi connectivity index (χ2n) is 6.83. The third-order valence-corrected chi connectivity index (χ3v) is 4.45. The lowest BCUT2D eigenvalue weighted by Crippen LogP contribution is -2.09. The van der Waals surface area contributed by atoms with Crippen LogP contribution < -0.4 is 4.74 Å². The summed E-state index contributed by atoms with van der Waals surface area (Å²) in [6.07, 6.45) is 1.41. The van der Waals surface area contributed by atoms with E-state index in [1.165, 1.54) is 0 Å². The van der Waals surface area contributed by atoms with Crippen LogP contribution in [0.25, 0.3) is 0 Å². The molecule has 0 amide bonds. The monoisotopic (exact) mass is 431 g/mol. The van der Waals surface area contributed by atoms with Gasteiger partial charge in [-0.25, -0.2) is 0 Å². The Kier molecular flexibility index (Phi) is 7.86. The lowest BCUT2D eigenvalue weighted by atomic mass is 9.99. The molecule has 0 saturated carbocycles. The Morgan fingerprint density at radius 1 is 0.844 bits per heavy atom. The molecule has 0 spiro atoms. The zero-order chi connectivity index (χ0) is 22.8. The van der Waals surface area contributed by atoms with Crippen molar-refractivity contribution in [3.8, 4) is 5.75 Å². The number of nitrogens with zero attached hydrogens (tertiary/aromatic N) is 1. The molecular formula is C25H21NO6. The van der Waals surface area contributed by atoms with E-state index in [4.69, 9.17) is 14.7 Å². The summed E-state index contributed by atoms with van der Waals surface area (Å²) in [6, 6.07) is 20.7. The van der Waals surface area contributed by atoms with Crippen molar-refractivity contribution in [2.45, 2.75) is 6.42 Å². The van der Waals surface area contributed by atoms with Gasteiger partial charge in [0, 0.05) is 22.3 Å². The molecule has 1 N–H and O–H groups in total. The maximum atomic E-state index is 11.2. The molecule has 0 unspecified atom stereocenters. The molecule has 3 aromatic carbocycles. The summed E-state index contributed by atoms with van der Waals surface area (Å²) in [4.78, 5) is 38.6. The lowest BCUT2D eigenvalue weighted by molar-refractivity contribution is -0.136. The molecule has 0 radical (unpaired) electrons. The van der Waals surface area contributed by atoms with E-state index in [1.807, 2.05) is 0 Å². The summed E-state index contributed by atoms with van der Waals surface area (Å²) in [5.41, 5.74) is 3.43. The van der Waals surface area contributed by atoms with Crippen molar-refractivity contribution in [3.05, 3.63) is 101 Å². The van der Waals surface area contributed by atoms with E-state index in [9.17, 15) is 14.4 Å². The molecule has 0 aliphatic heterocycles. The summed E-state index contributed by atoms with van der Waals surface area (Å²) in [5.74, 6) is -0.376. The number of aliphatic carboxylic acids is 1. The SMILES string of the molecule is O=Cc1cccc(C(=NOCCOc2cccc(CC(=O)O)c2)c2cccc(C=O)c2)c1. The van der Waals surface area contributed by atoms with Gasteiger partial charge < -0.3 is 14.7 Å². The minimum Gasteiger partial charge on any atom is -0.490 e. The van der Waals surface area contributed by atoms with Crippen molar-refractivity contribution >= 4 is 24.3 Å². The number of carbonyl (C=O) groups is 3. The van der Waals surface area contributed by atoms with Crippen molar-refractivity contribution in [1.29, 1.82) is 0 Å². The van der Waals surface area contributed by atoms with Gasteiger partial charge in [0.05, 0.1) is 6.42 Å². The molecule has 0 aliphatic rings. The van der Waals surface area contributed by atoms with Crippen LogP contribution in [0.1, 0.15) is 37.4 Å². The highest BCUT2D eigenvalue weighted by molar-refractivity contribution is 6.13. The third-order valence-electron chi connectivity index (χ3n) is 4.45. The second-order valence-corrected chi connectivity index (χ2v) is 6.83. The fraction of sp³-hybridized carbons (Fsp3) is 0.120. The Labute approximate surface area is 184 Å². The number of oxime groups is 1. The molecule has 162 valence electrons. The normalized spacial score (nSPS) is 10.1. The highest BCUT2D eigenvalue weighted by atomic mass is 16.6. The third kappa shape index (κ3) is 6.37. The van der Waals surface area contributed by atoms with Gasteiger partial charge in [-0.15, -0.1) is 0 Å². The molecule has 0 atom stereocenters. The Hall–Kier alpha value is -4.26. The van der Waals surface area contributed by atoms with Gasteiger partial charge in [-0.05, 0) is 29.8 Å². The maximum absolute atomic E-state index is 11.2. The summed E-state index contributed by atoms with van der Waals surface area (Å²) in [7, 11) is 0. The first-order valence-corrected chi connectivity index (χ1v) is 9.84. The van der Waals surface area contributed by atoms with E-state index in [2.05, 4.69) is 5.16 Å². The molecule has 0 bridgehead atoms. The Balaban J connectivity index is 1.71. The van der Waals surface area contributed by atoms with Crippen LogP contribution in [0.3, 0.4) is 0 Å². The quantitative estimate of drug-likeness (QED) is 0.215. The van der Waals surface area contributed by atoms with Crippen LogP contribution in [0.5, 0.6) is 5.75 Å². The molecule has 0 fully saturated rings. The summed E-state index contributed by atoms with van der Waals surface area (Å²) >= 11 is 0. The van der Waals surface area contributed by atoms with Crippen LogP contribution in [-0.2, 0) is 16.1 Å². The number of aldehydes is 2. The molecule has 0 heterocycles. The van der Waals surface area contributed by atoms with Crippen LogP contribution in [-0.4, -0.2) is 42.6 Å². The molecule has 0 aromatic heterocycles. The number of hydrogen-bond donors (Lipinski definition) is 1. The number of carboxylic acids is 1. The average molecular weight is 431 g/mol. The molecule has 32 heavy (non-hydrogen) atoms. The predicted octanol–water partition coefficient (Wildman–Crippen LogP) is 3.79. The molecule has 7 heteroatoms. The summed E-state index contributed by atoms with van der Waals surface area (Å²) in [5, 5.41) is 13.1. The van der Waals surface area contributed by atoms with E-state index < -0.39 is 5.97 Å². The number of carbonyl (C=O) groups excluding carboxylic acids is 2. The smallest absolute Gasteiger partial charge is 0.307 e. The first kappa shape index (κ1) is 22.4. The Morgan fingerprint density at radius 2 is 1.47 bits per heavy atom. The number of ether oxygens (including phenoxy) is 1. The van der Waals surface area contributed by atoms with Gasteiger partial charge in [0.1, 0.15) is 30.6 Å². The van der Waals surface area contributed by atoms with E-state index in [0.717, 1.165) is 12.6 Å². The van der Waals surface area contributed by atoms with Gasteiger partial charge in [-0.2, -0.15) is 0 Å². The van der Waals surface area contributed by atoms with E-state index in [-0.39, 0.29) is 19.6 Å². The number of rotatable bonds is 11. The van der Waals surface area contributed by atoms with E-state index >= 15 is 0 Å². The standard InChI is InChI=1S/C25H21NO6/c27-16-19-5-1-7-21(12-19)25(22-8-2-6-20(13-22)17-28)26-32-11-10-31-23-9-3-4-18(14-23)15-24(29)30/h1-9,12-14,16-17H,10-11,15H2,(H,29,30). The zero-order valence-electron chi connectivity index (χ0n) is 17.1. The fourth-order valence-electron chi connectivity index (χ4n) is 3.02. The average Bonchev–Trinajstić information content (AvgIpc) is 2.81. The van der Waals surface area contributed by atoms with Gasteiger partial charge in [0.15, 0.2) is 6.61 Å². The fourth-order valence-corrected chi connectivity index (χ4v) is 3.02. The number of benzene rings is 3. The van der Waals surface area contributed by atoms with E-state index in [0.29, 0.717) is 39.3 Å². The molecule has 7 nitrogen and oxygen atoms in total. The molecule has 0 aliphatic carbocycles. The van der Waals surface area contributed by atoms with Crippen molar-refractivity contribution in [2.75, 3.05) is 13.2 Å². The van der Waals surface area contributed by atoms with Gasteiger partial charge in [-0.1, -0.05) is 53.7 Å². The molecule has 3 rings (SSSR count). The highest BCUT2D eigenvalue weighted by Crippen LogP contribution is 2.16. The molecule has 0 saturated heterocycles. The lowest BCUT2D eigenvalue weighted by Gasteiger charge is -2.10. The highest BCUT2D eigenvalue weighted by Gasteiger charge is 2.10. The first-order chi connectivity index (χ1) is 15.6. The Bertz CT molecular complexity index is 1090. The van der Waals surface area contributed by atoms with Crippen LogP contribution in [0.2, 0.25) is 0 Å². The maximum Gasteiger partial charge on any atom is 0.307 e.